The molecule has 0 saturated carbocycles. The van der Waals surface area contributed by atoms with Crippen LogP contribution < -0.4 is 0 Å². The third kappa shape index (κ3) is 5.62. The largest absolute Gasteiger partial charge is 0.379 e. The molecule has 0 aromatic rings. The van der Waals surface area contributed by atoms with Crippen LogP contribution in [-0.2, 0) is 38.4 Å². The highest BCUT2D eigenvalue weighted by Gasteiger charge is 2.44. The van der Waals surface area contributed by atoms with E-state index in [1.807, 2.05) is 18.7 Å². The number of amides is 4. The summed E-state index contributed by atoms with van der Waals surface area (Å²) < 4.78 is 0. The molecule has 3 unspecified atom stereocenters. The number of hydrogen-bond acceptors (Lipinski definition) is 11. The summed E-state index contributed by atoms with van der Waals surface area (Å²) in [6.45, 7) is 5.98. The number of hydrogen-bond donors (Lipinski definition) is 2. The summed E-state index contributed by atoms with van der Waals surface area (Å²) in [5.41, 5.74) is 0. The van der Waals surface area contributed by atoms with Gasteiger partial charge in [0.05, 0.1) is 5.92 Å². The Morgan fingerprint density at radius 1 is 0.935 bits per heavy atom. The summed E-state index contributed by atoms with van der Waals surface area (Å²) in [5.74, 6) is -7.26. The van der Waals surface area contributed by atoms with Crippen molar-refractivity contribution in [1.29, 1.82) is 0 Å². The molecule has 4 amide bonds. The fourth-order valence-electron chi connectivity index (χ4n) is 3.07. The highest BCUT2D eigenvalue weighted by molar-refractivity contribution is 6.04. The predicted octanol–water partition coefficient (Wildman–Crippen LogP) is -2.12. The first-order valence-corrected chi connectivity index (χ1v) is 9.85. The van der Waals surface area contributed by atoms with Gasteiger partial charge in [-0.25, -0.2) is 9.59 Å². The van der Waals surface area contributed by atoms with Crippen LogP contribution in [0.2, 0.25) is 0 Å². The van der Waals surface area contributed by atoms with Crippen LogP contribution >= 0.6 is 0 Å². The molecule has 3 atom stereocenters. The van der Waals surface area contributed by atoms with Gasteiger partial charge in [-0.2, -0.15) is 0 Å². The van der Waals surface area contributed by atoms with Crippen LogP contribution in [0.1, 0.15) is 39.5 Å². The third-order valence-electron chi connectivity index (χ3n) is 5.04. The number of rotatable bonds is 10. The Balaban J connectivity index is 1.91. The van der Waals surface area contributed by atoms with E-state index in [0.717, 1.165) is 13.1 Å². The van der Waals surface area contributed by atoms with Gasteiger partial charge in [0, 0.05) is 19.3 Å². The fourth-order valence-corrected chi connectivity index (χ4v) is 3.07. The molecule has 0 aliphatic carbocycles. The maximum absolute atomic E-state index is 12.4. The number of aliphatic hydroxyl groups excluding tert-OH is 2. The number of aliphatic hydroxyl groups is 2. The molecule has 0 aromatic heterocycles. The van der Waals surface area contributed by atoms with Crippen molar-refractivity contribution in [2.75, 3.05) is 19.6 Å². The minimum Gasteiger partial charge on any atom is -0.379 e. The van der Waals surface area contributed by atoms with Gasteiger partial charge < -0.3 is 24.8 Å². The van der Waals surface area contributed by atoms with Crippen molar-refractivity contribution in [2.24, 2.45) is 5.92 Å². The summed E-state index contributed by atoms with van der Waals surface area (Å²) in [6, 6.07) is 0. The Hall–Kier alpha value is -2.90. The molecule has 0 spiro atoms. The average molecular weight is 443 g/mol. The first-order chi connectivity index (χ1) is 14.6. The molecule has 2 aliphatic heterocycles. The van der Waals surface area contributed by atoms with E-state index in [1.165, 1.54) is 0 Å². The molecule has 0 radical (unpaired) electrons. The van der Waals surface area contributed by atoms with Crippen LogP contribution in [-0.4, -0.2) is 92.6 Å². The lowest BCUT2D eigenvalue weighted by molar-refractivity contribution is -0.216. The number of carbonyl (C=O) groups is 6. The van der Waals surface area contributed by atoms with Gasteiger partial charge in [0.1, 0.15) is 0 Å². The van der Waals surface area contributed by atoms with Crippen LogP contribution in [0.25, 0.3) is 0 Å². The van der Waals surface area contributed by atoms with E-state index >= 15 is 0 Å². The lowest BCUT2D eigenvalue weighted by Crippen LogP contribution is -2.47. The van der Waals surface area contributed by atoms with Crippen LogP contribution in [0.15, 0.2) is 0 Å². The second kappa shape index (κ2) is 10.4. The lowest BCUT2D eigenvalue weighted by Gasteiger charge is -2.21. The Labute approximate surface area is 177 Å². The van der Waals surface area contributed by atoms with Crippen molar-refractivity contribution in [3.63, 3.8) is 0 Å². The van der Waals surface area contributed by atoms with Gasteiger partial charge in [0.15, 0.2) is 12.2 Å². The number of carbonyl (C=O) groups excluding carboxylic acids is 6. The van der Waals surface area contributed by atoms with E-state index in [1.54, 1.807) is 0 Å². The SMILES string of the molecule is CCN(CC)CCC1CC(=O)N(OC(=O)C(O)C(O)C(=O)ON2C(=O)CCC2=O)C1=O. The summed E-state index contributed by atoms with van der Waals surface area (Å²) >= 11 is 0. The molecule has 2 heterocycles. The molecule has 172 valence electrons. The first-order valence-electron chi connectivity index (χ1n) is 9.85. The van der Waals surface area contributed by atoms with E-state index in [0.29, 0.717) is 13.0 Å². The standard InChI is InChI=1S/C18H25N3O10/c1-3-19(4-2)8-7-10-9-13(24)21(16(10)27)31-18(29)15(26)14(25)17(28)30-20-11(22)5-6-12(20)23/h10,14-15,25-26H,3-9H2,1-2H3. The Kier molecular flexibility index (Phi) is 8.19. The van der Waals surface area contributed by atoms with Gasteiger partial charge >= 0.3 is 11.9 Å². The Bertz CT molecular complexity index is 750. The molecule has 0 aromatic carbocycles. The second-order valence-corrected chi connectivity index (χ2v) is 7.04. The molecule has 2 aliphatic rings. The topological polar surface area (TPSA) is 171 Å². The van der Waals surface area contributed by atoms with Crippen LogP contribution in [0.4, 0.5) is 0 Å². The van der Waals surface area contributed by atoms with Crippen molar-refractivity contribution in [3.05, 3.63) is 0 Å². The summed E-state index contributed by atoms with van der Waals surface area (Å²) in [4.78, 5) is 82.1. The first kappa shape index (κ1) is 24.4. The molecule has 13 nitrogen and oxygen atoms in total. The van der Waals surface area contributed by atoms with E-state index in [2.05, 4.69) is 9.68 Å². The molecule has 2 saturated heterocycles. The highest BCUT2D eigenvalue weighted by atomic mass is 16.7. The fraction of sp³-hybridized carbons (Fsp3) is 0.667. The van der Waals surface area contributed by atoms with Crippen molar-refractivity contribution in [2.45, 2.75) is 51.7 Å². The molecular formula is C18H25N3O10. The van der Waals surface area contributed by atoms with Gasteiger partial charge in [-0.1, -0.05) is 13.8 Å². The van der Waals surface area contributed by atoms with Crippen LogP contribution in [0.5, 0.6) is 0 Å². The van der Waals surface area contributed by atoms with E-state index in [9.17, 15) is 39.0 Å². The summed E-state index contributed by atoms with van der Waals surface area (Å²) in [5, 5.41) is 19.9. The zero-order chi connectivity index (χ0) is 23.3. The molecule has 2 fully saturated rings. The van der Waals surface area contributed by atoms with Crippen molar-refractivity contribution >= 4 is 35.6 Å². The lowest BCUT2D eigenvalue weighted by atomic mass is 10.0. The zero-order valence-corrected chi connectivity index (χ0v) is 17.2. The molecule has 31 heavy (non-hydrogen) atoms. The van der Waals surface area contributed by atoms with Crippen molar-refractivity contribution < 1.29 is 48.7 Å². The maximum atomic E-state index is 12.4. The van der Waals surface area contributed by atoms with Crippen molar-refractivity contribution in [1.82, 2.24) is 15.0 Å². The average Bonchev–Trinajstić information content (AvgIpc) is 3.20. The summed E-state index contributed by atoms with van der Waals surface area (Å²) in [7, 11) is 0. The normalized spacial score (nSPS) is 21.1. The Morgan fingerprint density at radius 2 is 1.42 bits per heavy atom. The third-order valence-corrected chi connectivity index (χ3v) is 5.04. The molecular weight excluding hydrogens is 418 g/mol. The van der Waals surface area contributed by atoms with E-state index in [4.69, 9.17) is 0 Å². The minimum atomic E-state index is -2.53. The second-order valence-electron chi connectivity index (χ2n) is 7.04. The van der Waals surface area contributed by atoms with Gasteiger partial charge in [0.2, 0.25) is 0 Å². The quantitative estimate of drug-likeness (QED) is 0.354. The van der Waals surface area contributed by atoms with Crippen molar-refractivity contribution in [3.8, 4) is 0 Å². The van der Waals surface area contributed by atoms with E-state index in [-0.39, 0.29) is 29.4 Å². The van der Waals surface area contributed by atoms with Gasteiger partial charge in [-0.05, 0) is 26.1 Å². The molecule has 2 N–H and O–H groups in total. The number of imide groups is 2. The van der Waals surface area contributed by atoms with Gasteiger partial charge in [-0.15, -0.1) is 10.1 Å². The minimum absolute atomic E-state index is 0.123. The Morgan fingerprint density at radius 3 is 1.90 bits per heavy atom. The zero-order valence-electron chi connectivity index (χ0n) is 17.2. The van der Waals surface area contributed by atoms with Crippen LogP contribution in [0, 0.1) is 5.92 Å². The predicted molar refractivity (Wildman–Crippen MR) is 97.6 cm³/mol. The number of nitrogens with zero attached hydrogens (tertiary/aromatic N) is 3. The highest BCUT2D eigenvalue weighted by Crippen LogP contribution is 2.24. The summed E-state index contributed by atoms with van der Waals surface area (Å²) in [6.07, 6.45) is -5.28. The van der Waals surface area contributed by atoms with Gasteiger partial charge in [0.25, 0.3) is 23.6 Å². The maximum Gasteiger partial charge on any atom is 0.364 e. The molecule has 2 rings (SSSR count). The molecule has 0 bridgehead atoms. The smallest absolute Gasteiger partial charge is 0.364 e. The monoisotopic (exact) mass is 443 g/mol. The van der Waals surface area contributed by atoms with Crippen LogP contribution in [0.3, 0.4) is 0 Å². The molecule has 13 heteroatoms. The van der Waals surface area contributed by atoms with Gasteiger partial charge in [-0.3, -0.25) is 19.2 Å². The van der Waals surface area contributed by atoms with E-state index < -0.39 is 53.7 Å². The number of hydroxylamine groups is 4.